The van der Waals surface area contributed by atoms with E-state index in [1.165, 1.54) is 6.07 Å². The minimum absolute atomic E-state index is 0.0745. The molecule has 0 bridgehead atoms. The molecule has 0 aliphatic carbocycles. The Bertz CT molecular complexity index is 612. The zero-order valence-electron chi connectivity index (χ0n) is 12.3. The van der Waals surface area contributed by atoms with Gasteiger partial charge in [-0.2, -0.15) is 0 Å². The fraction of sp³-hybridized carbons (Fsp3) is 0.438. The third kappa shape index (κ3) is 2.55. The van der Waals surface area contributed by atoms with E-state index in [1.807, 2.05) is 19.9 Å². The number of benzene rings is 1. The molecular weight excluding hydrogens is 239 g/mol. The second-order valence-electron chi connectivity index (χ2n) is 5.93. The van der Waals surface area contributed by atoms with Crippen LogP contribution < -0.4 is 5.32 Å². The SMILES string of the molecule is CCNc1nc2c(C)ccc(F)c2cc1C(C)(C)C. The van der Waals surface area contributed by atoms with E-state index in [1.54, 1.807) is 6.07 Å². The van der Waals surface area contributed by atoms with Crippen LogP contribution in [-0.2, 0) is 5.41 Å². The molecule has 3 heteroatoms. The summed E-state index contributed by atoms with van der Waals surface area (Å²) in [6, 6.07) is 5.22. The van der Waals surface area contributed by atoms with Gasteiger partial charge in [0, 0.05) is 17.5 Å². The van der Waals surface area contributed by atoms with Crippen LogP contribution >= 0.6 is 0 Å². The first-order valence-electron chi connectivity index (χ1n) is 6.68. The van der Waals surface area contributed by atoms with Crippen LogP contribution in [0.15, 0.2) is 18.2 Å². The summed E-state index contributed by atoms with van der Waals surface area (Å²) in [6.07, 6.45) is 0. The average Bonchev–Trinajstić information content (AvgIpc) is 2.33. The first kappa shape index (κ1) is 13.8. The zero-order chi connectivity index (χ0) is 14.2. The van der Waals surface area contributed by atoms with E-state index >= 15 is 0 Å². The number of fused-ring (bicyclic) bond motifs is 1. The summed E-state index contributed by atoms with van der Waals surface area (Å²) in [5.74, 6) is 0.651. The molecule has 0 radical (unpaired) electrons. The number of halogens is 1. The van der Waals surface area contributed by atoms with Gasteiger partial charge in [0.05, 0.1) is 5.52 Å². The van der Waals surface area contributed by atoms with Gasteiger partial charge >= 0.3 is 0 Å². The number of nitrogens with one attached hydrogen (secondary N) is 1. The smallest absolute Gasteiger partial charge is 0.132 e. The summed E-state index contributed by atoms with van der Waals surface area (Å²) >= 11 is 0. The molecule has 1 heterocycles. The maximum absolute atomic E-state index is 14.0. The summed E-state index contributed by atoms with van der Waals surface area (Å²) in [5.41, 5.74) is 2.71. The maximum Gasteiger partial charge on any atom is 0.132 e. The Balaban J connectivity index is 2.80. The second-order valence-corrected chi connectivity index (χ2v) is 5.93. The van der Waals surface area contributed by atoms with Crippen molar-refractivity contribution >= 4 is 16.7 Å². The molecule has 19 heavy (non-hydrogen) atoms. The molecular formula is C16H21FN2. The summed E-state index contributed by atoms with van der Waals surface area (Å²) in [4.78, 5) is 4.64. The van der Waals surface area contributed by atoms with Crippen LogP contribution in [0.5, 0.6) is 0 Å². The highest BCUT2D eigenvalue weighted by atomic mass is 19.1. The van der Waals surface area contributed by atoms with Crippen molar-refractivity contribution in [2.45, 2.75) is 40.0 Å². The molecule has 2 rings (SSSR count). The topological polar surface area (TPSA) is 24.9 Å². The Kier molecular flexibility index (Phi) is 3.48. The molecule has 1 N–H and O–H groups in total. The Morgan fingerprint density at radius 3 is 2.53 bits per heavy atom. The Hall–Kier alpha value is -1.64. The van der Waals surface area contributed by atoms with Crippen LogP contribution in [0.25, 0.3) is 10.9 Å². The number of pyridine rings is 1. The number of hydrogen-bond acceptors (Lipinski definition) is 2. The third-order valence-corrected chi connectivity index (χ3v) is 3.29. The van der Waals surface area contributed by atoms with Crippen LogP contribution in [0.1, 0.15) is 38.8 Å². The number of hydrogen-bond donors (Lipinski definition) is 1. The average molecular weight is 260 g/mol. The van der Waals surface area contributed by atoms with E-state index in [0.717, 1.165) is 29.0 Å². The molecule has 102 valence electrons. The molecule has 0 aliphatic heterocycles. The summed E-state index contributed by atoms with van der Waals surface area (Å²) < 4.78 is 14.0. The summed E-state index contributed by atoms with van der Waals surface area (Å²) in [6.45, 7) is 11.1. The lowest BCUT2D eigenvalue weighted by Crippen LogP contribution is -2.16. The molecule has 2 aromatic rings. The number of aryl methyl sites for hydroxylation is 1. The molecule has 2 nitrogen and oxygen atoms in total. The van der Waals surface area contributed by atoms with E-state index in [9.17, 15) is 4.39 Å². The fourth-order valence-corrected chi connectivity index (χ4v) is 2.24. The highest BCUT2D eigenvalue weighted by Crippen LogP contribution is 2.33. The van der Waals surface area contributed by atoms with Gasteiger partial charge in [-0.1, -0.05) is 26.8 Å². The lowest BCUT2D eigenvalue weighted by molar-refractivity contribution is 0.589. The van der Waals surface area contributed by atoms with Gasteiger partial charge in [-0.25, -0.2) is 9.37 Å². The van der Waals surface area contributed by atoms with Crippen molar-refractivity contribution in [3.63, 3.8) is 0 Å². The molecule has 0 spiro atoms. The van der Waals surface area contributed by atoms with Gasteiger partial charge in [-0.15, -0.1) is 0 Å². The standard InChI is InChI=1S/C16H21FN2/c1-6-18-15-12(16(3,4)5)9-11-13(17)8-7-10(2)14(11)19-15/h7-9H,6H2,1-5H3,(H,18,19). The Morgan fingerprint density at radius 2 is 1.95 bits per heavy atom. The van der Waals surface area contributed by atoms with E-state index < -0.39 is 0 Å². The van der Waals surface area contributed by atoms with E-state index in [2.05, 4.69) is 31.1 Å². The monoisotopic (exact) mass is 260 g/mol. The first-order chi connectivity index (χ1) is 8.84. The molecule has 0 saturated carbocycles. The van der Waals surface area contributed by atoms with Crippen LogP contribution in [-0.4, -0.2) is 11.5 Å². The highest BCUT2D eigenvalue weighted by molar-refractivity contribution is 5.85. The van der Waals surface area contributed by atoms with Gasteiger partial charge in [0.25, 0.3) is 0 Å². The lowest BCUT2D eigenvalue weighted by Gasteiger charge is -2.23. The van der Waals surface area contributed by atoms with Crippen LogP contribution in [0, 0.1) is 12.7 Å². The molecule has 0 amide bonds. The number of nitrogens with zero attached hydrogens (tertiary/aromatic N) is 1. The van der Waals surface area contributed by atoms with Gasteiger partial charge in [-0.05, 0) is 37.0 Å². The fourth-order valence-electron chi connectivity index (χ4n) is 2.24. The zero-order valence-corrected chi connectivity index (χ0v) is 12.3. The molecule has 0 atom stereocenters. The minimum Gasteiger partial charge on any atom is -0.370 e. The van der Waals surface area contributed by atoms with Crippen molar-refractivity contribution in [3.8, 4) is 0 Å². The predicted octanol–water partition coefficient (Wildman–Crippen LogP) is 4.41. The van der Waals surface area contributed by atoms with Crippen molar-refractivity contribution in [1.29, 1.82) is 0 Å². The van der Waals surface area contributed by atoms with E-state index in [0.29, 0.717) is 5.39 Å². The van der Waals surface area contributed by atoms with E-state index in [4.69, 9.17) is 0 Å². The maximum atomic E-state index is 14.0. The van der Waals surface area contributed by atoms with Gasteiger partial charge in [-0.3, -0.25) is 0 Å². The number of rotatable bonds is 2. The number of anilines is 1. The van der Waals surface area contributed by atoms with Crippen molar-refractivity contribution in [2.75, 3.05) is 11.9 Å². The summed E-state index contributed by atoms with van der Waals surface area (Å²) in [5, 5.41) is 3.89. The quantitative estimate of drug-likeness (QED) is 0.865. The van der Waals surface area contributed by atoms with Gasteiger partial charge < -0.3 is 5.32 Å². The number of aromatic nitrogens is 1. The second kappa shape index (κ2) is 4.80. The van der Waals surface area contributed by atoms with Crippen molar-refractivity contribution in [2.24, 2.45) is 0 Å². The predicted molar refractivity (Wildman–Crippen MR) is 79.3 cm³/mol. The Morgan fingerprint density at radius 1 is 1.26 bits per heavy atom. The van der Waals surface area contributed by atoms with Crippen molar-refractivity contribution in [1.82, 2.24) is 4.98 Å². The van der Waals surface area contributed by atoms with Gasteiger partial charge in [0.1, 0.15) is 11.6 Å². The molecule has 0 fully saturated rings. The molecule has 1 aromatic carbocycles. The largest absolute Gasteiger partial charge is 0.370 e. The van der Waals surface area contributed by atoms with Crippen molar-refractivity contribution < 1.29 is 4.39 Å². The van der Waals surface area contributed by atoms with Crippen LogP contribution in [0.4, 0.5) is 10.2 Å². The molecule has 0 unspecified atom stereocenters. The first-order valence-corrected chi connectivity index (χ1v) is 6.68. The molecule has 0 saturated heterocycles. The van der Waals surface area contributed by atoms with Gasteiger partial charge in [0.2, 0.25) is 0 Å². The normalized spacial score (nSPS) is 11.9. The van der Waals surface area contributed by atoms with Crippen LogP contribution in [0.3, 0.4) is 0 Å². The molecule has 1 aromatic heterocycles. The van der Waals surface area contributed by atoms with E-state index in [-0.39, 0.29) is 11.2 Å². The Labute approximate surface area is 114 Å². The lowest BCUT2D eigenvalue weighted by atomic mass is 9.86. The molecule has 0 aliphatic rings. The van der Waals surface area contributed by atoms with Gasteiger partial charge in [0.15, 0.2) is 0 Å². The highest BCUT2D eigenvalue weighted by Gasteiger charge is 2.21. The minimum atomic E-state index is -0.207. The third-order valence-electron chi connectivity index (χ3n) is 3.29. The van der Waals surface area contributed by atoms with Crippen molar-refractivity contribution in [3.05, 3.63) is 35.1 Å². The summed E-state index contributed by atoms with van der Waals surface area (Å²) in [7, 11) is 0. The van der Waals surface area contributed by atoms with Crippen LogP contribution in [0.2, 0.25) is 0 Å².